The van der Waals surface area contributed by atoms with Crippen LogP contribution in [0.15, 0.2) is 34.8 Å². The molecule has 1 aromatic carbocycles. The molecule has 0 heterocycles. The molecule has 0 aliphatic heterocycles. The number of allylic oxidation sites excluding steroid dienone is 1. The van der Waals surface area contributed by atoms with Crippen LogP contribution < -0.4 is 4.90 Å². The number of carbonyl (C=O) groups excluding carboxylic acids is 2. The average molecular weight is 430 g/mol. The number of Topliss-reactive ketones (excluding diaryl/α,β-unsaturated/α-hetero) is 2. The maximum absolute atomic E-state index is 14.7. The predicted molar refractivity (Wildman–Crippen MR) is 113 cm³/mol. The molecule has 0 saturated heterocycles. The van der Waals surface area contributed by atoms with Crippen molar-refractivity contribution in [2.24, 2.45) is 11.8 Å². The molecule has 31 heavy (non-hydrogen) atoms. The summed E-state index contributed by atoms with van der Waals surface area (Å²) < 4.78 is 14.7. The minimum atomic E-state index is -2.35. The van der Waals surface area contributed by atoms with Gasteiger partial charge in [-0.15, -0.1) is 0 Å². The van der Waals surface area contributed by atoms with E-state index in [0.717, 1.165) is 0 Å². The summed E-state index contributed by atoms with van der Waals surface area (Å²) in [4.78, 5) is 29.9. The third-order valence-electron chi connectivity index (χ3n) is 7.03. The van der Waals surface area contributed by atoms with E-state index in [2.05, 4.69) is 0 Å². The molecule has 4 rings (SSSR count). The number of nitrogens with zero attached hydrogens (tertiary/aromatic N) is 2. The lowest BCUT2D eigenvalue weighted by Crippen LogP contribution is -2.62. The van der Waals surface area contributed by atoms with Gasteiger partial charge in [0, 0.05) is 36.8 Å². The molecule has 8 heteroatoms. The van der Waals surface area contributed by atoms with Crippen molar-refractivity contribution in [3.63, 3.8) is 0 Å². The standard InChI is InChI=1S/C23H27FN2O5/c1-10-19(27)18(26(4)5)13-9-11-8-12-15(25(2)3)7-6-14(24)17(12)20(28)16(11)22(30)23(13,31)21(10)29/h6-7,11,13,18,27,30-31H,8-9H2,1-5H3/t11-,13-,18-,23+/m0/s1. The molecule has 3 aliphatic carbocycles. The van der Waals surface area contributed by atoms with E-state index in [1.54, 1.807) is 44.1 Å². The summed E-state index contributed by atoms with van der Waals surface area (Å²) in [6.45, 7) is 1.38. The smallest absolute Gasteiger partial charge is 0.201 e. The van der Waals surface area contributed by atoms with E-state index in [0.29, 0.717) is 11.3 Å². The Morgan fingerprint density at radius 1 is 1.13 bits per heavy atom. The van der Waals surface area contributed by atoms with Gasteiger partial charge in [-0.3, -0.25) is 14.5 Å². The van der Waals surface area contributed by atoms with Gasteiger partial charge >= 0.3 is 0 Å². The molecule has 0 bridgehead atoms. The Balaban J connectivity index is 1.96. The van der Waals surface area contributed by atoms with Crippen molar-refractivity contribution in [2.75, 3.05) is 33.1 Å². The molecule has 7 nitrogen and oxygen atoms in total. The Bertz CT molecular complexity index is 1070. The van der Waals surface area contributed by atoms with E-state index in [4.69, 9.17) is 0 Å². The first-order chi connectivity index (χ1) is 14.4. The van der Waals surface area contributed by atoms with Crippen LogP contribution >= 0.6 is 0 Å². The van der Waals surface area contributed by atoms with Crippen molar-refractivity contribution in [1.82, 2.24) is 4.90 Å². The third kappa shape index (κ3) is 2.71. The highest BCUT2D eigenvalue weighted by atomic mass is 19.1. The Hall–Kier alpha value is -2.71. The zero-order valence-electron chi connectivity index (χ0n) is 18.2. The van der Waals surface area contributed by atoms with E-state index >= 15 is 0 Å². The Morgan fingerprint density at radius 2 is 1.77 bits per heavy atom. The van der Waals surface area contributed by atoms with Crippen LogP contribution in [0.5, 0.6) is 0 Å². The first kappa shape index (κ1) is 21.5. The minimum absolute atomic E-state index is 0.0622. The molecule has 0 unspecified atom stereocenters. The van der Waals surface area contributed by atoms with Gasteiger partial charge in [0.15, 0.2) is 11.4 Å². The Labute approximate surface area is 180 Å². The topological polar surface area (TPSA) is 101 Å². The summed E-state index contributed by atoms with van der Waals surface area (Å²) >= 11 is 0. The fraction of sp³-hybridized carbons (Fsp3) is 0.478. The lowest BCUT2D eigenvalue weighted by atomic mass is 9.59. The number of fused-ring (bicyclic) bond motifs is 3. The molecule has 1 aromatic rings. The number of rotatable bonds is 2. The van der Waals surface area contributed by atoms with Crippen molar-refractivity contribution in [1.29, 1.82) is 0 Å². The molecule has 0 amide bonds. The fourth-order valence-corrected chi connectivity index (χ4v) is 5.56. The maximum atomic E-state index is 14.7. The summed E-state index contributed by atoms with van der Waals surface area (Å²) in [5.74, 6) is -4.50. The molecule has 166 valence electrons. The van der Waals surface area contributed by atoms with Crippen LogP contribution in [0.1, 0.15) is 29.3 Å². The van der Waals surface area contributed by atoms with Crippen LogP contribution in [0.2, 0.25) is 0 Å². The van der Waals surface area contributed by atoms with Gasteiger partial charge in [-0.2, -0.15) is 0 Å². The first-order valence-electron chi connectivity index (χ1n) is 10.2. The van der Waals surface area contributed by atoms with Gasteiger partial charge < -0.3 is 20.2 Å². The number of hydrogen-bond acceptors (Lipinski definition) is 7. The molecular weight excluding hydrogens is 403 g/mol. The van der Waals surface area contributed by atoms with Crippen LogP contribution in [0, 0.1) is 17.7 Å². The van der Waals surface area contributed by atoms with Crippen LogP contribution in [0.4, 0.5) is 10.1 Å². The van der Waals surface area contributed by atoms with E-state index in [1.807, 2.05) is 0 Å². The van der Waals surface area contributed by atoms with E-state index in [1.165, 1.54) is 13.0 Å². The highest BCUT2D eigenvalue weighted by molar-refractivity contribution is 6.14. The highest BCUT2D eigenvalue weighted by Gasteiger charge is 2.61. The largest absolute Gasteiger partial charge is 0.510 e. The number of likely N-dealkylation sites (N-methyl/N-ethyl adjacent to an activating group) is 1. The normalized spacial score (nSPS) is 30.4. The SMILES string of the molecule is CC1=C(O)[C@@H](N(C)C)[C@@H]2C[C@@H]3Cc4c(N(C)C)ccc(F)c4C(=O)C3=C(O)[C@]2(O)C1=O. The maximum Gasteiger partial charge on any atom is 0.201 e. The quantitative estimate of drug-likeness (QED) is 0.661. The second kappa shape index (κ2) is 6.90. The summed E-state index contributed by atoms with van der Waals surface area (Å²) in [6.07, 6.45) is 0.451. The molecular formula is C23H27FN2O5. The van der Waals surface area contributed by atoms with Gasteiger partial charge in [-0.25, -0.2) is 4.39 Å². The van der Waals surface area contributed by atoms with Gasteiger partial charge in [0.2, 0.25) is 5.78 Å². The number of aliphatic hydroxyl groups is 3. The predicted octanol–water partition coefficient (Wildman–Crippen LogP) is 2.15. The zero-order chi connectivity index (χ0) is 23.0. The van der Waals surface area contributed by atoms with Gasteiger partial charge in [0.05, 0.1) is 11.6 Å². The zero-order valence-corrected chi connectivity index (χ0v) is 18.2. The fourth-order valence-electron chi connectivity index (χ4n) is 5.56. The lowest BCUT2D eigenvalue weighted by Gasteiger charge is -2.50. The summed E-state index contributed by atoms with van der Waals surface area (Å²) in [6, 6.07) is 2.10. The summed E-state index contributed by atoms with van der Waals surface area (Å²) in [7, 11) is 7.02. The van der Waals surface area contributed by atoms with E-state index in [9.17, 15) is 29.3 Å². The number of anilines is 1. The van der Waals surface area contributed by atoms with Crippen molar-refractivity contribution >= 4 is 17.3 Å². The molecule has 3 N–H and O–H groups in total. The highest BCUT2D eigenvalue weighted by Crippen LogP contribution is 2.52. The van der Waals surface area contributed by atoms with Crippen molar-refractivity contribution in [3.8, 4) is 0 Å². The van der Waals surface area contributed by atoms with Crippen molar-refractivity contribution in [3.05, 3.63) is 51.7 Å². The molecule has 0 radical (unpaired) electrons. The van der Waals surface area contributed by atoms with Crippen LogP contribution in [0.3, 0.4) is 0 Å². The number of ketones is 2. The summed E-state index contributed by atoms with van der Waals surface area (Å²) in [5, 5.41) is 33.3. The number of aliphatic hydroxyl groups excluding tert-OH is 2. The van der Waals surface area contributed by atoms with Gasteiger partial charge in [-0.05, 0) is 57.5 Å². The third-order valence-corrected chi connectivity index (χ3v) is 7.03. The molecule has 0 saturated carbocycles. The lowest BCUT2D eigenvalue weighted by molar-refractivity contribution is -0.147. The number of benzene rings is 1. The Morgan fingerprint density at radius 3 is 2.35 bits per heavy atom. The van der Waals surface area contributed by atoms with Crippen LogP contribution in [-0.2, 0) is 11.2 Å². The number of halogens is 1. The Kier molecular flexibility index (Phi) is 4.79. The van der Waals surface area contributed by atoms with E-state index < -0.39 is 46.6 Å². The van der Waals surface area contributed by atoms with Crippen molar-refractivity contribution in [2.45, 2.75) is 31.4 Å². The van der Waals surface area contributed by atoms with E-state index in [-0.39, 0.29) is 35.3 Å². The second-order valence-electron chi connectivity index (χ2n) is 9.16. The van der Waals surface area contributed by atoms with Gasteiger partial charge in [0.25, 0.3) is 0 Å². The molecule has 0 spiro atoms. The van der Waals surface area contributed by atoms with Gasteiger partial charge in [-0.1, -0.05) is 0 Å². The second-order valence-corrected chi connectivity index (χ2v) is 9.16. The molecule has 4 atom stereocenters. The van der Waals surface area contributed by atoms with Crippen molar-refractivity contribution < 1.29 is 29.3 Å². The molecule has 3 aliphatic rings. The average Bonchev–Trinajstić information content (AvgIpc) is 2.68. The first-order valence-corrected chi connectivity index (χ1v) is 10.2. The minimum Gasteiger partial charge on any atom is -0.510 e. The number of hydrogen-bond donors (Lipinski definition) is 3. The van der Waals surface area contributed by atoms with Gasteiger partial charge in [0.1, 0.15) is 17.3 Å². The van der Waals surface area contributed by atoms with Crippen LogP contribution in [-0.4, -0.2) is 71.6 Å². The van der Waals surface area contributed by atoms with Crippen LogP contribution in [0.25, 0.3) is 0 Å². The monoisotopic (exact) mass is 430 g/mol. The number of carbonyl (C=O) groups is 2. The summed E-state index contributed by atoms with van der Waals surface area (Å²) in [5.41, 5.74) is -1.41. The molecule has 0 fully saturated rings. The molecule has 0 aromatic heterocycles.